The maximum Gasteiger partial charge on any atom is 0.261 e. The van der Waals surface area contributed by atoms with Gasteiger partial charge in [-0.05, 0) is 48.1 Å². The number of rotatable bonds is 10. The van der Waals surface area contributed by atoms with Gasteiger partial charge in [-0.3, -0.25) is 9.59 Å². The Kier molecular flexibility index (Phi) is 9.38. The summed E-state index contributed by atoms with van der Waals surface area (Å²) in [4.78, 5) is 27.4. The van der Waals surface area contributed by atoms with Gasteiger partial charge in [-0.15, -0.1) is 0 Å². The second kappa shape index (κ2) is 11.8. The van der Waals surface area contributed by atoms with E-state index in [0.717, 1.165) is 11.1 Å². The lowest BCUT2D eigenvalue weighted by Crippen LogP contribution is -2.49. The molecule has 0 aliphatic carbocycles. The number of nitrogens with zero attached hydrogens (tertiary/aromatic N) is 1. The summed E-state index contributed by atoms with van der Waals surface area (Å²) < 4.78 is 5.88. The number of hydrogen-bond donors (Lipinski definition) is 1. The Morgan fingerprint density at radius 2 is 1.65 bits per heavy atom. The number of hydrogen-bond acceptors (Lipinski definition) is 3. The van der Waals surface area contributed by atoms with Crippen LogP contribution in [0, 0.1) is 5.92 Å². The van der Waals surface area contributed by atoms with Crippen molar-refractivity contribution >= 4 is 23.4 Å². The average Bonchev–Trinajstić information content (AvgIpc) is 2.75. The molecule has 0 saturated heterocycles. The monoisotopic (exact) mass is 444 g/mol. The van der Waals surface area contributed by atoms with Crippen LogP contribution in [0.2, 0.25) is 5.02 Å². The molecular formula is C25H33ClN2O3. The quantitative estimate of drug-likeness (QED) is 0.559. The van der Waals surface area contributed by atoms with Crippen molar-refractivity contribution in [3.63, 3.8) is 0 Å². The summed E-state index contributed by atoms with van der Waals surface area (Å²) in [6, 6.07) is 14.3. The van der Waals surface area contributed by atoms with Crippen LogP contribution in [0.25, 0.3) is 0 Å². The predicted molar refractivity (Wildman–Crippen MR) is 125 cm³/mol. The van der Waals surface area contributed by atoms with Crippen LogP contribution in [-0.2, 0) is 16.1 Å². The molecule has 2 aromatic carbocycles. The molecule has 0 heterocycles. The van der Waals surface area contributed by atoms with Gasteiger partial charge in [0.15, 0.2) is 6.61 Å². The zero-order valence-corrected chi connectivity index (χ0v) is 19.8. The number of halogens is 1. The highest BCUT2D eigenvalue weighted by Crippen LogP contribution is 2.26. The second-order valence-electron chi connectivity index (χ2n) is 8.44. The number of para-hydroxylation sites is 1. The Morgan fingerprint density at radius 1 is 1.00 bits per heavy atom. The van der Waals surface area contributed by atoms with E-state index < -0.39 is 6.04 Å². The molecule has 2 aromatic rings. The number of carbonyl (C=O) groups is 2. The summed E-state index contributed by atoms with van der Waals surface area (Å²) in [7, 11) is 0. The Morgan fingerprint density at radius 3 is 2.26 bits per heavy atom. The fourth-order valence-corrected chi connectivity index (χ4v) is 3.26. The number of nitrogens with one attached hydrogen (secondary N) is 1. The lowest BCUT2D eigenvalue weighted by Gasteiger charge is -2.29. The predicted octanol–water partition coefficient (Wildman–Crippen LogP) is 5.03. The van der Waals surface area contributed by atoms with Crippen molar-refractivity contribution in [2.75, 3.05) is 13.2 Å². The Labute approximate surface area is 190 Å². The molecule has 0 aliphatic heterocycles. The number of amides is 2. The van der Waals surface area contributed by atoms with Gasteiger partial charge in [0.2, 0.25) is 5.91 Å². The molecule has 168 valence electrons. The van der Waals surface area contributed by atoms with Gasteiger partial charge in [0.25, 0.3) is 5.91 Å². The first-order chi connectivity index (χ1) is 14.7. The molecule has 0 aromatic heterocycles. The molecule has 31 heavy (non-hydrogen) atoms. The van der Waals surface area contributed by atoms with Gasteiger partial charge in [0.05, 0.1) is 0 Å². The van der Waals surface area contributed by atoms with Gasteiger partial charge >= 0.3 is 0 Å². The molecule has 2 rings (SSSR count). The highest BCUT2D eigenvalue weighted by atomic mass is 35.5. The highest BCUT2D eigenvalue weighted by Gasteiger charge is 2.26. The number of carbonyl (C=O) groups excluding carboxylic acids is 2. The van der Waals surface area contributed by atoms with Gasteiger partial charge in [0, 0.05) is 18.1 Å². The Hall–Kier alpha value is -2.53. The molecule has 1 atom stereocenters. The van der Waals surface area contributed by atoms with Crippen molar-refractivity contribution in [1.29, 1.82) is 0 Å². The van der Waals surface area contributed by atoms with Crippen LogP contribution in [0.1, 0.15) is 51.7 Å². The number of benzene rings is 2. The Bertz CT molecular complexity index is 865. The molecule has 0 radical (unpaired) electrons. The minimum Gasteiger partial charge on any atom is -0.483 e. The minimum atomic E-state index is -0.633. The van der Waals surface area contributed by atoms with Gasteiger partial charge in [-0.2, -0.15) is 0 Å². The molecular weight excluding hydrogens is 412 g/mol. The van der Waals surface area contributed by atoms with E-state index in [-0.39, 0.29) is 24.3 Å². The topological polar surface area (TPSA) is 58.6 Å². The molecule has 5 nitrogen and oxygen atoms in total. The van der Waals surface area contributed by atoms with Crippen molar-refractivity contribution in [2.24, 2.45) is 5.92 Å². The molecule has 0 spiro atoms. The van der Waals surface area contributed by atoms with Gasteiger partial charge < -0.3 is 15.0 Å². The lowest BCUT2D eigenvalue weighted by atomic mass is 10.0. The SMILES string of the molecule is CC(C)CNC(=O)[C@H](C)N(Cc1ccc(Cl)cc1)C(=O)COc1ccccc1C(C)C. The van der Waals surface area contributed by atoms with Gasteiger partial charge in [-0.25, -0.2) is 0 Å². The first-order valence-electron chi connectivity index (χ1n) is 10.7. The van der Waals surface area contributed by atoms with Crippen LogP contribution in [-0.4, -0.2) is 35.9 Å². The molecule has 0 aliphatic rings. The normalized spacial score (nSPS) is 12.0. The van der Waals surface area contributed by atoms with E-state index in [0.29, 0.717) is 29.8 Å². The van der Waals surface area contributed by atoms with Crippen molar-refractivity contribution in [3.05, 3.63) is 64.7 Å². The smallest absolute Gasteiger partial charge is 0.261 e. The standard InChI is InChI=1S/C25H33ClN2O3/c1-17(2)14-27-25(30)19(5)28(15-20-10-12-21(26)13-11-20)24(29)16-31-23-9-7-6-8-22(23)18(3)4/h6-13,17-19H,14-16H2,1-5H3,(H,27,30)/t19-/m0/s1. The fourth-order valence-electron chi connectivity index (χ4n) is 3.13. The van der Waals surface area contributed by atoms with Crippen LogP contribution in [0.3, 0.4) is 0 Å². The average molecular weight is 445 g/mol. The van der Waals surface area contributed by atoms with Crippen LogP contribution < -0.4 is 10.1 Å². The fraction of sp³-hybridized carbons (Fsp3) is 0.440. The molecule has 6 heteroatoms. The van der Waals surface area contributed by atoms with Crippen molar-refractivity contribution in [2.45, 2.75) is 53.1 Å². The molecule has 1 N–H and O–H groups in total. The van der Waals surface area contributed by atoms with E-state index in [1.54, 1.807) is 24.0 Å². The van der Waals surface area contributed by atoms with Crippen LogP contribution in [0.15, 0.2) is 48.5 Å². The maximum atomic E-state index is 13.1. The highest BCUT2D eigenvalue weighted by molar-refractivity contribution is 6.30. The lowest BCUT2D eigenvalue weighted by molar-refractivity contribution is -0.142. The summed E-state index contributed by atoms with van der Waals surface area (Å²) in [5.74, 6) is 0.859. The van der Waals surface area contributed by atoms with E-state index in [9.17, 15) is 9.59 Å². The van der Waals surface area contributed by atoms with Gasteiger partial charge in [-0.1, -0.05) is 69.6 Å². The van der Waals surface area contributed by atoms with Crippen LogP contribution in [0.5, 0.6) is 5.75 Å². The summed E-state index contributed by atoms with van der Waals surface area (Å²) in [6.07, 6.45) is 0. The largest absolute Gasteiger partial charge is 0.483 e. The Balaban J connectivity index is 2.17. The summed E-state index contributed by atoms with van der Waals surface area (Å²) in [5.41, 5.74) is 1.94. The minimum absolute atomic E-state index is 0.140. The third kappa shape index (κ3) is 7.59. The zero-order valence-electron chi connectivity index (χ0n) is 19.0. The van der Waals surface area contributed by atoms with Crippen molar-refractivity contribution in [1.82, 2.24) is 10.2 Å². The van der Waals surface area contributed by atoms with E-state index in [2.05, 4.69) is 19.2 Å². The summed E-state index contributed by atoms with van der Waals surface area (Å²) >= 11 is 5.99. The van der Waals surface area contributed by atoms with E-state index in [1.807, 2.05) is 50.2 Å². The molecule has 0 saturated carbocycles. The van der Waals surface area contributed by atoms with Crippen molar-refractivity contribution in [3.8, 4) is 5.75 Å². The second-order valence-corrected chi connectivity index (χ2v) is 8.88. The summed E-state index contributed by atoms with van der Waals surface area (Å²) in [5, 5.41) is 3.54. The zero-order chi connectivity index (χ0) is 23.0. The summed E-state index contributed by atoms with van der Waals surface area (Å²) in [6.45, 7) is 10.7. The third-order valence-corrected chi connectivity index (χ3v) is 5.26. The maximum absolute atomic E-state index is 13.1. The van der Waals surface area contributed by atoms with Gasteiger partial charge in [0.1, 0.15) is 11.8 Å². The first-order valence-corrected chi connectivity index (χ1v) is 11.1. The van der Waals surface area contributed by atoms with E-state index in [4.69, 9.17) is 16.3 Å². The molecule has 0 fully saturated rings. The third-order valence-electron chi connectivity index (χ3n) is 5.01. The van der Waals surface area contributed by atoms with Crippen LogP contribution >= 0.6 is 11.6 Å². The molecule has 0 unspecified atom stereocenters. The van der Waals surface area contributed by atoms with Crippen LogP contribution in [0.4, 0.5) is 0 Å². The van der Waals surface area contributed by atoms with E-state index in [1.165, 1.54) is 0 Å². The first kappa shape index (κ1) is 24.7. The number of ether oxygens (including phenoxy) is 1. The molecule has 2 amide bonds. The molecule has 0 bridgehead atoms. The van der Waals surface area contributed by atoms with E-state index >= 15 is 0 Å². The van der Waals surface area contributed by atoms with Crippen molar-refractivity contribution < 1.29 is 14.3 Å².